The summed E-state index contributed by atoms with van der Waals surface area (Å²) in [5.74, 6) is 0.934. The Labute approximate surface area is 107 Å². The molecule has 18 heavy (non-hydrogen) atoms. The second-order valence-corrected chi connectivity index (χ2v) is 3.94. The van der Waals surface area contributed by atoms with Crippen molar-refractivity contribution >= 4 is 5.91 Å². The van der Waals surface area contributed by atoms with Crippen molar-refractivity contribution < 1.29 is 14.3 Å². The van der Waals surface area contributed by atoms with E-state index in [1.54, 1.807) is 25.3 Å². The SMILES string of the molecule is CCC(N)CNC(=O)c1ccc(OC)cc1OC. The van der Waals surface area contributed by atoms with Gasteiger partial charge in [-0.05, 0) is 18.6 Å². The monoisotopic (exact) mass is 252 g/mol. The summed E-state index contributed by atoms with van der Waals surface area (Å²) < 4.78 is 10.2. The first-order chi connectivity index (χ1) is 8.62. The van der Waals surface area contributed by atoms with Crippen LogP contribution < -0.4 is 20.5 Å². The predicted molar refractivity (Wildman–Crippen MR) is 70.1 cm³/mol. The van der Waals surface area contributed by atoms with E-state index in [2.05, 4.69) is 5.32 Å². The van der Waals surface area contributed by atoms with Gasteiger partial charge in [-0.15, -0.1) is 0 Å². The fourth-order valence-corrected chi connectivity index (χ4v) is 1.45. The van der Waals surface area contributed by atoms with Crippen molar-refractivity contribution in [2.75, 3.05) is 20.8 Å². The van der Waals surface area contributed by atoms with Gasteiger partial charge in [0.05, 0.1) is 19.8 Å². The number of methoxy groups -OCH3 is 2. The van der Waals surface area contributed by atoms with Crippen molar-refractivity contribution in [2.45, 2.75) is 19.4 Å². The van der Waals surface area contributed by atoms with Crippen molar-refractivity contribution in [3.8, 4) is 11.5 Å². The summed E-state index contributed by atoms with van der Waals surface area (Å²) in [7, 11) is 3.08. The zero-order chi connectivity index (χ0) is 13.5. The third-order valence-electron chi connectivity index (χ3n) is 2.70. The van der Waals surface area contributed by atoms with Gasteiger partial charge in [0.15, 0.2) is 0 Å². The molecule has 100 valence electrons. The maximum absolute atomic E-state index is 12.0. The number of nitrogens with one attached hydrogen (secondary N) is 1. The number of carbonyl (C=O) groups is 1. The molecule has 0 aliphatic heterocycles. The Morgan fingerprint density at radius 3 is 2.67 bits per heavy atom. The molecule has 1 aromatic rings. The molecule has 0 aromatic heterocycles. The van der Waals surface area contributed by atoms with Gasteiger partial charge in [0, 0.05) is 18.7 Å². The molecule has 0 spiro atoms. The van der Waals surface area contributed by atoms with Crippen molar-refractivity contribution in [2.24, 2.45) is 5.73 Å². The molecule has 0 aliphatic rings. The molecule has 0 bridgehead atoms. The molecule has 1 rings (SSSR count). The highest BCUT2D eigenvalue weighted by molar-refractivity contribution is 5.97. The summed E-state index contributed by atoms with van der Waals surface area (Å²) >= 11 is 0. The zero-order valence-electron chi connectivity index (χ0n) is 11.0. The largest absolute Gasteiger partial charge is 0.497 e. The molecule has 0 saturated heterocycles. The molecule has 0 aliphatic carbocycles. The van der Waals surface area contributed by atoms with Crippen LogP contribution in [0.1, 0.15) is 23.7 Å². The first-order valence-electron chi connectivity index (χ1n) is 5.88. The van der Waals surface area contributed by atoms with Gasteiger partial charge in [-0.3, -0.25) is 4.79 Å². The lowest BCUT2D eigenvalue weighted by Gasteiger charge is -2.13. The van der Waals surface area contributed by atoms with Crippen LogP contribution in [-0.4, -0.2) is 32.7 Å². The van der Waals surface area contributed by atoms with Gasteiger partial charge in [0.1, 0.15) is 11.5 Å². The van der Waals surface area contributed by atoms with Gasteiger partial charge < -0.3 is 20.5 Å². The number of hydrogen-bond acceptors (Lipinski definition) is 4. The lowest BCUT2D eigenvalue weighted by molar-refractivity contribution is 0.0948. The Hall–Kier alpha value is -1.75. The maximum atomic E-state index is 12.0. The standard InChI is InChI=1S/C13H20N2O3/c1-4-9(14)8-15-13(16)11-6-5-10(17-2)7-12(11)18-3/h5-7,9H,4,8,14H2,1-3H3,(H,15,16). The number of amides is 1. The van der Waals surface area contributed by atoms with Gasteiger partial charge in [-0.25, -0.2) is 0 Å². The minimum absolute atomic E-state index is 0.0295. The fourth-order valence-electron chi connectivity index (χ4n) is 1.45. The predicted octanol–water partition coefficient (Wildman–Crippen LogP) is 1.17. The lowest BCUT2D eigenvalue weighted by Crippen LogP contribution is -2.36. The van der Waals surface area contributed by atoms with Crippen LogP contribution >= 0.6 is 0 Å². The molecule has 0 radical (unpaired) electrons. The van der Waals surface area contributed by atoms with Gasteiger partial charge in [0.2, 0.25) is 0 Å². The molecular weight excluding hydrogens is 232 g/mol. The molecule has 1 amide bonds. The smallest absolute Gasteiger partial charge is 0.255 e. The molecule has 0 heterocycles. The topological polar surface area (TPSA) is 73.6 Å². The van der Waals surface area contributed by atoms with Crippen LogP contribution in [0.3, 0.4) is 0 Å². The highest BCUT2D eigenvalue weighted by atomic mass is 16.5. The molecule has 5 heteroatoms. The number of ether oxygens (including phenoxy) is 2. The van der Waals surface area contributed by atoms with Crippen molar-refractivity contribution in [1.29, 1.82) is 0 Å². The molecule has 1 atom stereocenters. The fraction of sp³-hybridized carbons (Fsp3) is 0.462. The van der Waals surface area contributed by atoms with E-state index >= 15 is 0 Å². The molecule has 5 nitrogen and oxygen atoms in total. The average Bonchev–Trinajstić information content (AvgIpc) is 2.43. The Balaban J connectivity index is 2.78. The summed E-state index contributed by atoms with van der Waals surface area (Å²) in [6.07, 6.45) is 0.819. The minimum Gasteiger partial charge on any atom is -0.497 e. The highest BCUT2D eigenvalue weighted by Crippen LogP contribution is 2.24. The Bertz CT molecular complexity index is 407. The van der Waals surface area contributed by atoms with Gasteiger partial charge in [-0.1, -0.05) is 6.92 Å². The van der Waals surface area contributed by atoms with Crippen molar-refractivity contribution in [1.82, 2.24) is 5.32 Å². The normalized spacial score (nSPS) is 11.8. The van der Waals surface area contributed by atoms with E-state index in [0.29, 0.717) is 23.6 Å². The summed E-state index contributed by atoms with van der Waals surface area (Å²) in [5, 5.41) is 2.78. The summed E-state index contributed by atoms with van der Waals surface area (Å²) in [5.41, 5.74) is 6.22. The Morgan fingerprint density at radius 1 is 1.39 bits per heavy atom. The molecule has 3 N–H and O–H groups in total. The third kappa shape index (κ3) is 3.63. The van der Waals surface area contributed by atoms with Crippen LogP contribution in [0.15, 0.2) is 18.2 Å². The van der Waals surface area contributed by atoms with Crippen molar-refractivity contribution in [3.63, 3.8) is 0 Å². The highest BCUT2D eigenvalue weighted by Gasteiger charge is 2.13. The molecule has 0 saturated carbocycles. The summed E-state index contributed by atoms with van der Waals surface area (Å²) in [4.78, 5) is 12.0. The van der Waals surface area contributed by atoms with Crippen LogP contribution in [0.2, 0.25) is 0 Å². The van der Waals surface area contributed by atoms with E-state index in [1.165, 1.54) is 7.11 Å². The van der Waals surface area contributed by atoms with Gasteiger partial charge in [0.25, 0.3) is 5.91 Å². The van der Waals surface area contributed by atoms with Gasteiger partial charge >= 0.3 is 0 Å². The molecular formula is C13H20N2O3. The number of carbonyl (C=O) groups excluding carboxylic acids is 1. The first-order valence-corrected chi connectivity index (χ1v) is 5.88. The number of benzene rings is 1. The number of hydrogen-bond donors (Lipinski definition) is 2. The van der Waals surface area contributed by atoms with E-state index in [0.717, 1.165) is 6.42 Å². The van der Waals surface area contributed by atoms with E-state index in [4.69, 9.17) is 15.2 Å². The second kappa shape index (κ2) is 6.86. The van der Waals surface area contributed by atoms with Crippen LogP contribution in [0.4, 0.5) is 0 Å². The van der Waals surface area contributed by atoms with E-state index in [-0.39, 0.29) is 11.9 Å². The summed E-state index contributed by atoms with van der Waals surface area (Å²) in [6, 6.07) is 5.04. The maximum Gasteiger partial charge on any atom is 0.255 e. The van der Waals surface area contributed by atoms with Crippen LogP contribution in [0, 0.1) is 0 Å². The molecule has 1 aromatic carbocycles. The van der Waals surface area contributed by atoms with Crippen LogP contribution in [-0.2, 0) is 0 Å². The number of rotatable bonds is 6. The lowest BCUT2D eigenvalue weighted by atomic mass is 10.1. The second-order valence-electron chi connectivity index (χ2n) is 3.94. The molecule has 0 fully saturated rings. The van der Waals surface area contributed by atoms with E-state index in [1.807, 2.05) is 6.92 Å². The van der Waals surface area contributed by atoms with E-state index in [9.17, 15) is 4.79 Å². The third-order valence-corrected chi connectivity index (χ3v) is 2.70. The van der Waals surface area contributed by atoms with Crippen LogP contribution in [0.5, 0.6) is 11.5 Å². The average molecular weight is 252 g/mol. The van der Waals surface area contributed by atoms with Gasteiger partial charge in [-0.2, -0.15) is 0 Å². The quantitative estimate of drug-likeness (QED) is 0.797. The van der Waals surface area contributed by atoms with Crippen LogP contribution in [0.25, 0.3) is 0 Å². The number of nitrogens with two attached hydrogens (primary N) is 1. The minimum atomic E-state index is -0.196. The zero-order valence-corrected chi connectivity index (χ0v) is 11.0. The Morgan fingerprint density at radius 2 is 2.11 bits per heavy atom. The summed E-state index contributed by atoms with van der Waals surface area (Å²) in [6.45, 7) is 2.43. The van der Waals surface area contributed by atoms with Crippen molar-refractivity contribution in [3.05, 3.63) is 23.8 Å². The Kier molecular flexibility index (Phi) is 5.45. The molecule has 1 unspecified atom stereocenters. The first kappa shape index (κ1) is 14.3. The van der Waals surface area contributed by atoms with E-state index < -0.39 is 0 Å².